The lowest BCUT2D eigenvalue weighted by atomic mass is 10.2. The molecular weight excluding hydrogens is 370 g/mol. The van der Waals surface area contributed by atoms with Gasteiger partial charge in [0.2, 0.25) is 20.0 Å². The minimum atomic E-state index is -3.78. The highest BCUT2D eigenvalue weighted by atomic mass is 32.2. The SMILES string of the molecule is CCS(=O)(=O)N1CCN(S(=O)(=O)c2ccc3c(c2)NC(=O)CO3)CC1. The molecule has 3 rings (SSSR count). The second-order valence-electron chi connectivity index (χ2n) is 5.70. The topological polar surface area (TPSA) is 113 Å². The van der Waals surface area contributed by atoms with Gasteiger partial charge < -0.3 is 10.1 Å². The van der Waals surface area contributed by atoms with Gasteiger partial charge in [0.25, 0.3) is 5.91 Å². The van der Waals surface area contributed by atoms with Crippen molar-refractivity contribution in [1.29, 1.82) is 0 Å². The van der Waals surface area contributed by atoms with E-state index in [1.165, 1.54) is 26.8 Å². The number of nitrogens with one attached hydrogen (secondary N) is 1. The van der Waals surface area contributed by atoms with E-state index < -0.39 is 20.0 Å². The van der Waals surface area contributed by atoms with Crippen LogP contribution in [0.25, 0.3) is 0 Å². The Morgan fingerprint density at radius 3 is 2.36 bits per heavy atom. The van der Waals surface area contributed by atoms with Crippen LogP contribution in [0.15, 0.2) is 23.1 Å². The molecule has 2 heterocycles. The molecule has 0 aliphatic carbocycles. The highest BCUT2D eigenvalue weighted by Gasteiger charge is 2.33. The molecule has 25 heavy (non-hydrogen) atoms. The van der Waals surface area contributed by atoms with Gasteiger partial charge in [0.15, 0.2) is 6.61 Å². The van der Waals surface area contributed by atoms with Gasteiger partial charge in [-0.1, -0.05) is 0 Å². The maximum Gasteiger partial charge on any atom is 0.262 e. The molecule has 1 saturated heterocycles. The van der Waals surface area contributed by atoms with Crippen LogP contribution >= 0.6 is 0 Å². The predicted octanol–water partition coefficient (Wildman–Crippen LogP) is -0.326. The maximum absolute atomic E-state index is 12.8. The first-order chi connectivity index (χ1) is 11.7. The third-order valence-corrected chi connectivity index (χ3v) is 7.95. The number of hydrogen-bond donors (Lipinski definition) is 1. The number of anilines is 1. The van der Waals surface area contributed by atoms with E-state index in [2.05, 4.69) is 5.32 Å². The average molecular weight is 389 g/mol. The van der Waals surface area contributed by atoms with Crippen molar-refractivity contribution in [2.45, 2.75) is 11.8 Å². The molecule has 1 amide bonds. The number of rotatable bonds is 4. The number of amides is 1. The molecule has 9 nitrogen and oxygen atoms in total. The first-order valence-corrected chi connectivity index (χ1v) is 10.8. The number of benzene rings is 1. The molecule has 0 spiro atoms. The van der Waals surface area contributed by atoms with Crippen molar-refractivity contribution < 1.29 is 26.4 Å². The molecule has 0 aromatic heterocycles. The van der Waals surface area contributed by atoms with Crippen LogP contribution < -0.4 is 10.1 Å². The second-order valence-corrected chi connectivity index (χ2v) is 9.89. The maximum atomic E-state index is 12.8. The summed E-state index contributed by atoms with van der Waals surface area (Å²) in [5.41, 5.74) is 0.310. The highest BCUT2D eigenvalue weighted by Crippen LogP contribution is 2.31. The number of ether oxygens (including phenoxy) is 1. The summed E-state index contributed by atoms with van der Waals surface area (Å²) in [6.07, 6.45) is 0. The van der Waals surface area contributed by atoms with Crippen molar-refractivity contribution in [3.8, 4) is 5.75 Å². The molecule has 1 aromatic carbocycles. The Bertz CT molecular complexity index is 889. The van der Waals surface area contributed by atoms with Crippen molar-refractivity contribution in [2.75, 3.05) is 43.9 Å². The Morgan fingerprint density at radius 2 is 1.72 bits per heavy atom. The minimum Gasteiger partial charge on any atom is -0.482 e. The fraction of sp³-hybridized carbons (Fsp3) is 0.500. The highest BCUT2D eigenvalue weighted by molar-refractivity contribution is 7.89. The monoisotopic (exact) mass is 389 g/mol. The molecule has 0 bridgehead atoms. The average Bonchev–Trinajstić information content (AvgIpc) is 2.61. The molecule has 0 saturated carbocycles. The fourth-order valence-electron chi connectivity index (χ4n) is 2.74. The van der Waals surface area contributed by atoms with Crippen molar-refractivity contribution in [3.63, 3.8) is 0 Å². The molecule has 1 fully saturated rings. The lowest BCUT2D eigenvalue weighted by Gasteiger charge is -2.33. The molecule has 138 valence electrons. The first-order valence-electron chi connectivity index (χ1n) is 7.79. The van der Waals surface area contributed by atoms with E-state index >= 15 is 0 Å². The van der Waals surface area contributed by atoms with E-state index in [1.807, 2.05) is 0 Å². The standard InChI is InChI=1S/C14H19N3O6S2/c1-2-24(19,20)16-5-7-17(8-6-16)25(21,22)11-3-4-13-12(9-11)15-14(18)10-23-13/h3-4,9H,2,5-8,10H2,1H3,(H,15,18). The summed E-state index contributed by atoms with van der Waals surface area (Å²) in [6, 6.07) is 4.27. The van der Waals surface area contributed by atoms with Crippen LogP contribution in [0.1, 0.15) is 6.92 Å². The first kappa shape index (κ1) is 18.1. The van der Waals surface area contributed by atoms with Crippen molar-refractivity contribution in [2.24, 2.45) is 0 Å². The summed E-state index contributed by atoms with van der Waals surface area (Å²) in [5.74, 6) is 0.0578. The van der Waals surface area contributed by atoms with Gasteiger partial charge >= 0.3 is 0 Å². The molecule has 1 aromatic rings. The van der Waals surface area contributed by atoms with Crippen molar-refractivity contribution >= 4 is 31.6 Å². The van der Waals surface area contributed by atoms with Gasteiger partial charge in [-0.25, -0.2) is 16.8 Å². The van der Waals surface area contributed by atoms with E-state index in [1.54, 1.807) is 6.92 Å². The number of carbonyl (C=O) groups excluding carboxylic acids is 1. The summed E-state index contributed by atoms with van der Waals surface area (Å²) in [6.45, 7) is 1.87. The van der Waals surface area contributed by atoms with Crippen LogP contribution in [-0.4, -0.2) is 69.9 Å². The molecule has 0 atom stereocenters. The van der Waals surface area contributed by atoms with Gasteiger partial charge in [-0.15, -0.1) is 0 Å². The van der Waals surface area contributed by atoms with E-state index in [4.69, 9.17) is 4.74 Å². The molecule has 1 N–H and O–H groups in total. The predicted molar refractivity (Wildman–Crippen MR) is 90.4 cm³/mol. The summed E-state index contributed by atoms with van der Waals surface area (Å²) in [5, 5.41) is 2.58. The van der Waals surface area contributed by atoms with Gasteiger partial charge in [-0.2, -0.15) is 8.61 Å². The third-order valence-electron chi connectivity index (χ3n) is 4.18. The molecule has 0 unspecified atom stereocenters. The number of fused-ring (bicyclic) bond motifs is 1. The van der Waals surface area contributed by atoms with Gasteiger partial charge in [0.1, 0.15) is 5.75 Å². The van der Waals surface area contributed by atoms with Crippen LogP contribution in [0.4, 0.5) is 5.69 Å². The quantitative estimate of drug-likeness (QED) is 0.755. The largest absolute Gasteiger partial charge is 0.482 e. The number of nitrogens with zero attached hydrogens (tertiary/aromatic N) is 2. The number of piperazine rings is 1. The number of sulfonamides is 2. The zero-order valence-corrected chi connectivity index (χ0v) is 15.3. The second kappa shape index (κ2) is 6.56. The Morgan fingerprint density at radius 1 is 1.08 bits per heavy atom. The molecule has 2 aliphatic heterocycles. The fourth-order valence-corrected chi connectivity index (χ4v) is 5.28. The summed E-state index contributed by atoms with van der Waals surface area (Å²) < 4.78 is 57.1. The van der Waals surface area contributed by atoms with Crippen LogP contribution in [0.3, 0.4) is 0 Å². The van der Waals surface area contributed by atoms with Crippen LogP contribution in [0.2, 0.25) is 0 Å². The van der Waals surface area contributed by atoms with Gasteiger partial charge in [0, 0.05) is 26.2 Å². The van der Waals surface area contributed by atoms with Gasteiger partial charge in [-0.3, -0.25) is 4.79 Å². The normalized spacial score (nSPS) is 19.8. The molecular formula is C14H19N3O6S2. The third kappa shape index (κ3) is 3.50. The smallest absolute Gasteiger partial charge is 0.262 e. The van der Waals surface area contributed by atoms with Crippen molar-refractivity contribution in [3.05, 3.63) is 18.2 Å². The van der Waals surface area contributed by atoms with Gasteiger partial charge in [-0.05, 0) is 25.1 Å². The minimum absolute atomic E-state index is 0.00965. The zero-order valence-electron chi connectivity index (χ0n) is 13.6. The Balaban J connectivity index is 1.79. The number of carbonyl (C=O) groups is 1. The molecule has 0 radical (unpaired) electrons. The summed E-state index contributed by atoms with van der Waals surface area (Å²) in [7, 11) is -7.11. The van der Waals surface area contributed by atoms with E-state index in [0.717, 1.165) is 0 Å². The van der Waals surface area contributed by atoms with E-state index in [0.29, 0.717) is 11.4 Å². The Hall–Kier alpha value is -1.69. The van der Waals surface area contributed by atoms with Crippen LogP contribution in [-0.2, 0) is 24.8 Å². The lowest BCUT2D eigenvalue weighted by molar-refractivity contribution is -0.118. The lowest BCUT2D eigenvalue weighted by Crippen LogP contribution is -2.50. The Labute approximate surface area is 146 Å². The van der Waals surface area contributed by atoms with E-state index in [-0.39, 0.29) is 49.3 Å². The molecule has 2 aliphatic rings. The zero-order chi connectivity index (χ0) is 18.2. The van der Waals surface area contributed by atoms with Crippen LogP contribution in [0.5, 0.6) is 5.75 Å². The van der Waals surface area contributed by atoms with Gasteiger partial charge in [0.05, 0.1) is 16.3 Å². The number of hydrogen-bond acceptors (Lipinski definition) is 6. The van der Waals surface area contributed by atoms with Crippen molar-refractivity contribution in [1.82, 2.24) is 8.61 Å². The Kier molecular flexibility index (Phi) is 4.75. The van der Waals surface area contributed by atoms with E-state index in [9.17, 15) is 21.6 Å². The summed E-state index contributed by atoms with van der Waals surface area (Å²) in [4.78, 5) is 11.4. The van der Waals surface area contributed by atoms with Crippen LogP contribution in [0, 0.1) is 0 Å². The summed E-state index contributed by atoms with van der Waals surface area (Å²) >= 11 is 0. The molecule has 11 heteroatoms.